The Morgan fingerprint density at radius 1 is 1.12 bits per heavy atom. The fourth-order valence-electron chi connectivity index (χ4n) is 2.16. The number of nitro benzene ring substituents is 1. The highest BCUT2D eigenvalue weighted by atomic mass is 35.5. The summed E-state index contributed by atoms with van der Waals surface area (Å²) in [6.45, 7) is 0. The number of nitro groups is 1. The number of rotatable bonds is 4. The summed E-state index contributed by atoms with van der Waals surface area (Å²) in [6.07, 6.45) is 0. The highest BCUT2D eigenvalue weighted by molar-refractivity contribution is 7.14. The lowest BCUT2D eigenvalue weighted by molar-refractivity contribution is -0.385. The van der Waals surface area contributed by atoms with Gasteiger partial charge in [0.2, 0.25) is 0 Å². The molecule has 0 saturated heterocycles. The van der Waals surface area contributed by atoms with Gasteiger partial charge in [-0.05, 0) is 30.3 Å². The predicted octanol–water partition coefficient (Wildman–Crippen LogP) is 5.93. The molecule has 10 heteroatoms. The van der Waals surface area contributed by atoms with E-state index in [1.54, 1.807) is 23.6 Å². The molecular formula is C16H8Cl3N3O3S. The summed E-state index contributed by atoms with van der Waals surface area (Å²) in [4.78, 5) is 27.1. The van der Waals surface area contributed by atoms with Gasteiger partial charge < -0.3 is 0 Å². The summed E-state index contributed by atoms with van der Waals surface area (Å²) < 4.78 is 0. The van der Waals surface area contributed by atoms with E-state index in [9.17, 15) is 14.9 Å². The van der Waals surface area contributed by atoms with Crippen molar-refractivity contribution in [3.8, 4) is 11.3 Å². The van der Waals surface area contributed by atoms with E-state index < -0.39 is 10.8 Å². The molecule has 0 atom stereocenters. The lowest BCUT2D eigenvalue weighted by Gasteiger charge is -2.04. The van der Waals surface area contributed by atoms with Gasteiger partial charge in [0.15, 0.2) is 5.13 Å². The van der Waals surface area contributed by atoms with Crippen LogP contribution in [-0.4, -0.2) is 15.8 Å². The van der Waals surface area contributed by atoms with Crippen LogP contribution in [0.4, 0.5) is 10.8 Å². The van der Waals surface area contributed by atoms with Crippen molar-refractivity contribution in [3.05, 3.63) is 72.5 Å². The number of anilines is 1. The molecule has 0 unspecified atom stereocenters. The fraction of sp³-hybridized carbons (Fsp3) is 0. The van der Waals surface area contributed by atoms with E-state index in [1.807, 2.05) is 0 Å². The average Bonchev–Trinajstić information content (AvgIpc) is 3.02. The minimum atomic E-state index is -0.665. The molecular weight excluding hydrogens is 421 g/mol. The lowest BCUT2D eigenvalue weighted by atomic mass is 10.1. The lowest BCUT2D eigenvalue weighted by Crippen LogP contribution is -2.13. The number of hydrogen-bond donors (Lipinski definition) is 1. The zero-order valence-electron chi connectivity index (χ0n) is 12.7. The number of amides is 1. The number of benzene rings is 2. The predicted molar refractivity (Wildman–Crippen MR) is 104 cm³/mol. The third kappa shape index (κ3) is 3.96. The van der Waals surface area contributed by atoms with Gasteiger partial charge in [0.25, 0.3) is 11.6 Å². The highest BCUT2D eigenvalue weighted by Gasteiger charge is 2.21. The van der Waals surface area contributed by atoms with Crippen molar-refractivity contribution in [2.45, 2.75) is 0 Å². The number of aromatic nitrogens is 1. The van der Waals surface area contributed by atoms with E-state index in [-0.39, 0.29) is 21.4 Å². The quantitative estimate of drug-likeness (QED) is 0.412. The van der Waals surface area contributed by atoms with Crippen LogP contribution < -0.4 is 5.32 Å². The van der Waals surface area contributed by atoms with Crippen molar-refractivity contribution in [1.82, 2.24) is 4.98 Å². The van der Waals surface area contributed by atoms with Crippen molar-refractivity contribution in [2.24, 2.45) is 0 Å². The summed E-state index contributed by atoms with van der Waals surface area (Å²) in [7, 11) is 0. The third-order valence-corrected chi connectivity index (χ3v) is 4.87. The maximum Gasteiger partial charge on any atom is 0.283 e. The average molecular weight is 429 g/mol. The van der Waals surface area contributed by atoms with Gasteiger partial charge in [-0.2, -0.15) is 0 Å². The third-order valence-electron chi connectivity index (χ3n) is 3.33. The van der Waals surface area contributed by atoms with Crippen LogP contribution in [0.25, 0.3) is 11.3 Å². The molecule has 3 rings (SSSR count). The minimum absolute atomic E-state index is 0.110. The molecule has 0 saturated carbocycles. The van der Waals surface area contributed by atoms with E-state index in [2.05, 4.69) is 10.3 Å². The second kappa shape index (κ2) is 7.59. The monoisotopic (exact) mass is 427 g/mol. The molecule has 3 aromatic rings. The molecule has 0 bridgehead atoms. The number of nitrogens with one attached hydrogen (secondary N) is 1. The molecule has 0 aliphatic rings. The van der Waals surface area contributed by atoms with Crippen molar-refractivity contribution < 1.29 is 9.72 Å². The fourth-order valence-corrected chi connectivity index (χ4v) is 3.54. The van der Waals surface area contributed by atoms with Crippen molar-refractivity contribution in [1.29, 1.82) is 0 Å². The first kappa shape index (κ1) is 18.6. The van der Waals surface area contributed by atoms with Crippen molar-refractivity contribution in [3.63, 3.8) is 0 Å². The van der Waals surface area contributed by atoms with Crippen molar-refractivity contribution in [2.75, 3.05) is 5.32 Å². The Morgan fingerprint density at radius 2 is 1.81 bits per heavy atom. The summed E-state index contributed by atoms with van der Waals surface area (Å²) in [5.41, 5.74) is 0.719. The Hall–Kier alpha value is -2.19. The molecule has 0 aliphatic carbocycles. The zero-order chi connectivity index (χ0) is 18.8. The SMILES string of the molecule is O=C(Nc1nc(-c2ccc(Cl)cc2Cl)cs1)c1ccc(Cl)cc1[N+](=O)[O-]. The molecule has 132 valence electrons. The van der Waals surface area contributed by atoms with Crippen LogP contribution >= 0.6 is 46.1 Å². The van der Waals surface area contributed by atoms with E-state index >= 15 is 0 Å². The molecule has 1 amide bonds. The smallest absolute Gasteiger partial charge is 0.283 e. The molecule has 6 nitrogen and oxygen atoms in total. The second-order valence-electron chi connectivity index (χ2n) is 5.03. The standard InChI is InChI=1S/C16H8Cl3N3O3S/c17-8-1-3-10(12(19)5-8)13-7-26-16(20-13)21-15(23)11-4-2-9(18)6-14(11)22(24)25/h1-7H,(H,20,21,23). The highest BCUT2D eigenvalue weighted by Crippen LogP contribution is 2.33. The molecule has 1 N–H and O–H groups in total. The van der Waals surface area contributed by atoms with Gasteiger partial charge in [0.1, 0.15) is 5.56 Å². The first-order chi connectivity index (χ1) is 12.3. The Morgan fingerprint density at radius 3 is 2.50 bits per heavy atom. The minimum Gasteiger partial charge on any atom is -0.298 e. The Bertz CT molecular complexity index is 1020. The van der Waals surface area contributed by atoms with Crippen LogP contribution in [0.3, 0.4) is 0 Å². The Kier molecular flexibility index (Phi) is 5.43. The van der Waals surface area contributed by atoms with E-state index in [0.29, 0.717) is 21.3 Å². The van der Waals surface area contributed by atoms with Gasteiger partial charge >= 0.3 is 0 Å². The zero-order valence-corrected chi connectivity index (χ0v) is 15.8. The van der Waals surface area contributed by atoms with Crippen molar-refractivity contribution >= 4 is 62.9 Å². The van der Waals surface area contributed by atoms with Crippen LogP contribution in [0.1, 0.15) is 10.4 Å². The topological polar surface area (TPSA) is 85.1 Å². The molecule has 0 spiro atoms. The number of hydrogen-bond acceptors (Lipinski definition) is 5. The normalized spacial score (nSPS) is 10.6. The van der Waals surface area contributed by atoms with Crippen LogP contribution in [0, 0.1) is 10.1 Å². The summed E-state index contributed by atoms with van der Waals surface area (Å²) in [5, 5.41) is 16.7. The van der Waals surface area contributed by atoms with E-state index in [4.69, 9.17) is 34.8 Å². The maximum absolute atomic E-state index is 12.4. The number of thiazole rings is 1. The first-order valence-corrected chi connectivity index (χ1v) is 9.03. The Labute approximate surface area is 166 Å². The molecule has 26 heavy (non-hydrogen) atoms. The second-order valence-corrected chi connectivity index (χ2v) is 7.17. The van der Waals surface area contributed by atoms with Gasteiger partial charge in [-0.15, -0.1) is 11.3 Å². The van der Waals surface area contributed by atoms with Crippen LogP contribution in [-0.2, 0) is 0 Å². The number of carbonyl (C=O) groups is 1. The van der Waals surface area contributed by atoms with Crippen LogP contribution in [0.2, 0.25) is 15.1 Å². The van der Waals surface area contributed by atoms with Gasteiger partial charge in [-0.1, -0.05) is 34.8 Å². The van der Waals surface area contributed by atoms with Gasteiger partial charge in [0, 0.05) is 27.1 Å². The number of carbonyl (C=O) groups excluding carboxylic acids is 1. The van der Waals surface area contributed by atoms with Gasteiger partial charge in [0.05, 0.1) is 15.6 Å². The molecule has 2 aromatic carbocycles. The molecule has 0 fully saturated rings. The van der Waals surface area contributed by atoms with E-state index in [1.165, 1.54) is 23.5 Å². The van der Waals surface area contributed by atoms with Gasteiger partial charge in [-0.3, -0.25) is 20.2 Å². The summed E-state index contributed by atoms with van der Waals surface area (Å²) in [6, 6.07) is 8.81. The number of halogens is 3. The van der Waals surface area contributed by atoms with Crippen LogP contribution in [0.15, 0.2) is 41.8 Å². The van der Waals surface area contributed by atoms with E-state index in [0.717, 1.165) is 6.07 Å². The van der Waals surface area contributed by atoms with Crippen LogP contribution in [0.5, 0.6) is 0 Å². The summed E-state index contributed by atoms with van der Waals surface area (Å²) in [5.74, 6) is -0.656. The molecule has 0 radical (unpaired) electrons. The largest absolute Gasteiger partial charge is 0.298 e. The summed E-state index contributed by atoms with van der Waals surface area (Å²) >= 11 is 18.9. The Balaban J connectivity index is 1.86. The maximum atomic E-state index is 12.4. The molecule has 0 aliphatic heterocycles. The first-order valence-electron chi connectivity index (χ1n) is 7.01. The van der Waals surface area contributed by atoms with Gasteiger partial charge in [-0.25, -0.2) is 4.98 Å². The molecule has 1 aromatic heterocycles. The molecule has 1 heterocycles. The number of nitrogens with zero attached hydrogens (tertiary/aromatic N) is 2.